The number of H-pyrrole nitrogens is 2. The van der Waals surface area contributed by atoms with Crippen LogP contribution in [0, 0.1) is 19.3 Å². The van der Waals surface area contributed by atoms with Crippen molar-refractivity contribution in [1.82, 2.24) is 19.9 Å². The normalized spacial score (nSPS) is 11.9. The molecule has 2 aliphatic heterocycles. The van der Waals surface area contributed by atoms with E-state index in [4.69, 9.17) is 16.4 Å². The molecular formula is C41H28N4. The maximum absolute atomic E-state index is 6.14. The lowest BCUT2D eigenvalue weighted by Gasteiger charge is -2.06. The number of rotatable bonds is 3. The van der Waals surface area contributed by atoms with E-state index in [9.17, 15) is 0 Å². The molecule has 45 heavy (non-hydrogen) atoms. The monoisotopic (exact) mass is 576 g/mol. The molecule has 2 aliphatic rings. The zero-order chi connectivity index (χ0) is 30.3. The van der Waals surface area contributed by atoms with E-state index in [2.05, 4.69) is 126 Å². The molecular weight excluding hydrogens is 548 g/mol. The van der Waals surface area contributed by atoms with Crippen molar-refractivity contribution in [2.75, 3.05) is 0 Å². The lowest BCUT2D eigenvalue weighted by molar-refractivity contribution is 1.30. The molecule has 4 nitrogen and oxygen atoms in total. The third-order valence-corrected chi connectivity index (χ3v) is 8.36. The van der Waals surface area contributed by atoms with Crippen LogP contribution in [0.15, 0.2) is 109 Å². The van der Waals surface area contributed by atoms with Gasteiger partial charge in [-0.15, -0.1) is 6.42 Å². The molecule has 6 aromatic rings. The molecule has 3 aromatic carbocycles. The van der Waals surface area contributed by atoms with E-state index in [0.29, 0.717) is 5.56 Å². The Labute approximate surface area is 261 Å². The smallest absolute Gasteiger partial charge is 0.0815 e. The first-order valence-corrected chi connectivity index (χ1v) is 15.0. The number of benzene rings is 3. The summed E-state index contributed by atoms with van der Waals surface area (Å²) in [5.74, 6) is 2.91. The summed E-state index contributed by atoms with van der Waals surface area (Å²) in [4.78, 5) is 17.8. The van der Waals surface area contributed by atoms with Gasteiger partial charge in [0, 0.05) is 33.2 Å². The summed E-state index contributed by atoms with van der Waals surface area (Å²) in [7, 11) is 0. The quantitative estimate of drug-likeness (QED) is 0.206. The van der Waals surface area contributed by atoms with Crippen molar-refractivity contribution in [3.05, 3.63) is 143 Å². The second-order valence-electron chi connectivity index (χ2n) is 11.2. The Bertz CT molecular complexity index is 2330. The van der Waals surface area contributed by atoms with Crippen LogP contribution in [0.4, 0.5) is 0 Å². The Morgan fingerprint density at radius 1 is 0.467 bits per heavy atom. The van der Waals surface area contributed by atoms with Gasteiger partial charge >= 0.3 is 0 Å². The van der Waals surface area contributed by atoms with Crippen LogP contribution in [0.1, 0.15) is 33.9 Å². The fourth-order valence-electron chi connectivity index (χ4n) is 6.20. The van der Waals surface area contributed by atoms with Gasteiger partial charge in [0.2, 0.25) is 0 Å². The number of hydrogen-bond donors (Lipinski definition) is 2. The summed E-state index contributed by atoms with van der Waals surface area (Å²) in [5.41, 5.74) is 15.2. The van der Waals surface area contributed by atoms with Crippen molar-refractivity contribution < 1.29 is 0 Å². The molecule has 2 N–H and O–H groups in total. The van der Waals surface area contributed by atoms with Crippen molar-refractivity contribution in [3.8, 4) is 45.7 Å². The number of aryl methyl sites for hydroxylation is 1. The average molecular weight is 577 g/mol. The average Bonchev–Trinajstić information content (AvgIpc) is 3.90. The SMILES string of the molecule is C#Cc1c2nc(c(-c3ccccc3)c3ccc([nH]3)c(-c3ccc(C)cc3)c3nc(c(-c4ccccc4)c4ccc1[nH]4)C=C3)C=C2. The third-order valence-electron chi connectivity index (χ3n) is 8.36. The predicted octanol–water partition coefficient (Wildman–Crippen LogP) is 9.95. The van der Waals surface area contributed by atoms with Gasteiger partial charge in [0.25, 0.3) is 0 Å². The molecule has 0 saturated carbocycles. The molecule has 8 rings (SSSR count). The van der Waals surface area contributed by atoms with Gasteiger partial charge < -0.3 is 9.97 Å². The van der Waals surface area contributed by atoms with Gasteiger partial charge in [0.05, 0.1) is 33.9 Å². The van der Waals surface area contributed by atoms with Crippen LogP contribution in [-0.4, -0.2) is 19.9 Å². The Morgan fingerprint density at radius 2 is 0.867 bits per heavy atom. The summed E-state index contributed by atoms with van der Waals surface area (Å²) < 4.78 is 0. The van der Waals surface area contributed by atoms with Gasteiger partial charge in [0.1, 0.15) is 0 Å². The molecule has 4 heteroatoms. The molecule has 0 radical (unpaired) electrons. The lowest BCUT2D eigenvalue weighted by atomic mass is 10.0. The van der Waals surface area contributed by atoms with Gasteiger partial charge in [-0.05, 0) is 72.2 Å². The first-order valence-electron chi connectivity index (χ1n) is 15.0. The van der Waals surface area contributed by atoms with Crippen molar-refractivity contribution in [3.63, 3.8) is 0 Å². The van der Waals surface area contributed by atoms with Crippen molar-refractivity contribution in [2.24, 2.45) is 0 Å². The van der Waals surface area contributed by atoms with Crippen LogP contribution in [0.3, 0.4) is 0 Å². The highest BCUT2D eigenvalue weighted by atomic mass is 14.8. The second-order valence-corrected chi connectivity index (χ2v) is 11.2. The Morgan fingerprint density at radius 3 is 1.36 bits per heavy atom. The van der Waals surface area contributed by atoms with Crippen LogP contribution in [-0.2, 0) is 0 Å². The van der Waals surface area contributed by atoms with E-state index in [1.165, 1.54) is 5.56 Å². The maximum Gasteiger partial charge on any atom is 0.0815 e. The standard InChI is InChI=1S/C41H28N4/c1-3-30-31-18-20-33(42-31)39(27-10-6-4-7-11-27)35-22-24-37(44-35)41(29-16-14-26(2)15-17-29)38-25-23-36(45-38)40(28-12-8-5-9-13-28)34-21-19-32(30)43-34/h1,4-25,42,45H,2H3. The van der Waals surface area contributed by atoms with Crippen LogP contribution < -0.4 is 0 Å². The van der Waals surface area contributed by atoms with E-state index in [1.54, 1.807) is 0 Å². The molecule has 0 amide bonds. The summed E-state index contributed by atoms with van der Waals surface area (Å²) >= 11 is 0. The maximum atomic E-state index is 6.14. The molecule has 8 bridgehead atoms. The minimum atomic E-state index is 0.706. The fourth-order valence-corrected chi connectivity index (χ4v) is 6.20. The topological polar surface area (TPSA) is 57.4 Å². The van der Waals surface area contributed by atoms with E-state index >= 15 is 0 Å². The number of aromatic amines is 2. The van der Waals surface area contributed by atoms with Crippen LogP contribution >= 0.6 is 0 Å². The van der Waals surface area contributed by atoms with Gasteiger partial charge in [-0.1, -0.05) is 96.4 Å². The van der Waals surface area contributed by atoms with Crippen LogP contribution in [0.25, 0.3) is 79.8 Å². The number of hydrogen-bond acceptors (Lipinski definition) is 2. The van der Waals surface area contributed by atoms with E-state index in [0.717, 1.165) is 78.2 Å². The molecule has 212 valence electrons. The number of nitrogens with one attached hydrogen (secondary N) is 2. The van der Waals surface area contributed by atoms with Crippen LogP contribution in [0.5, 0.6) is 0 Å². The number of fused-ring (bicyclic) bond motifs is 8. The molecule has 3 aromatic heterocycles. The Kier molecular flexibility index (Phi) is 6.36. The highest BCUT2D eigenvalue weighted by Gasteiger charge is 2.17. The zero-order valence-corrected chi connectivity index (χ0v) is 24.7. The second kappa shape index (κ2) is 10.8. The first-order chi connectivity index (χ1) is 22.2. The molecule has 0 fully saturated rings. The van der Waals surface area contributed by atoms with Gasteiger partial charge in [-0.3, -0.25) is 0 Å². The van der Waals surface area contributed by atoms with Gasteiger partial charge in [-0.2, -0.15) is 0 Å². The van der Waals surface area contributed by atoms with E-state index in [-0.39, 0.29) is 0 Å². The van der Waals surface area contributed by atoms with E-state index < -0.39 is 0 Å². The number of aromatic nitrogens is 4. The zero-order valence-electron chi connectivity index (χ0n) is 24.7. The van der Waals surface area contributed by atoms with Gasteiger partial charge in [-0.25, -0.2) is 9.97 Å². The Balaban J connectivity index is 1.57. The molecule has 0 atom stereocenters. The first kappa shape index (κ1) is 26.4. The molecule has 0 spiro atoms. The summed E-state index contributed by atoms with van der Waals surface area (Å²) in [6.07, 6.45) is 14.4. The van der Waals surface area contributed by atoms with Crippen molar-refractivity contribution >= 4 is 46.4 Å². The third kappa shape index (κ3) is 4.68. The molecule has 0 unspecified atom stereocenters. The summed E-state index contributed by atoms with van der Waals surface area (Å²) in [5, 5.41) is 0. The molecule has 0 aliphatic carbocycles. The lowest BCUT2D eigenvalue weighted by Crippen LogP contribution is -1.89. The van der Waals surface area contributed by atoms with E-state index in [1.807, 2.05) is 30.4 Å². The molecule has 0 saturated heterocycles. The summed E-state index contributed by atoms with van der Waals surface area (Å²) in [6.45, 7) is 2.11. The highest BCUT2D eigenvalue weighted by Crippen LogP contribution is 2.36. The largest absolute Gasteiger partial charge is 0.354 e. The summed E-state index contributed by atoms with van der Waals surface area (Å²) in [6, 6.07) is 37.7. The Hall–Kier alpha value is -6.18. The fraction of sp³-hybridized carbons (Fsp3) is 0.0244. The minimum Gasteiger partial charge on any atom is -0.354 e. The number of nitrogens with zero attached hydrogens (tertiary/aromatic N) is 2. The van der Waals surface area contributed by atoms with Crippen LogP contribution in [0.2, 0.25) is 0 Å². The highest BCUT2D eigenvalue weighted by molar-refractivity contribution is 5.98. The number of terminal acetylenes is 1. The molecule has 5 heterocycles. The van der Waals surface area contributed by atoms with Crippen molar-refractivity contribution in [1.29, 1.82) is 0 Å². The van der Waals surface area contributed by atoms with Gasteiger partial charge in [0.15, 0.2) is 0 Å². The van der Waals surface area contributed by atoms with Crippen molar-refractivity contribution in [2.45, 2.75) is 6.92 Å². The predicted molar refractivity (Wildman–Crippen MR) is 188 cm³/mol. The minimum absolute atomic E-state index is 0.706.